The van der Waals surface area contributed by atoms with E-state index in [1.165, 1.54) is 5.56 Å². The topological polar surface area (TPSA) is 48.0 Å². The van der Waals surface area contributed by atoms with Gasteiger partial charge in [0.25, 0.3) is 0 Å². The van der Waals surface area contributed by atoms with E-state index in [0.717, 1.165) is 23.6 Å². The summed E-state index contributed by atoms with van der Waals surface area (Å²) in [5, 5.41) is 0. The zero-order chi connectivity index (χ0) is 12.4. The lowest BCUT2D eigenvalue weighted by atomic mass is 10.2. The second kappa shape index (κ2) is 4.45. The first-order valence-electron chi connectivity index (χ1n) is 5.59. The number of nitrogens with two attached hydrogens (primary N) is 1. The van der Waals surface area contributed by atoms with Crippen LogP contribution in [0.5, 0.6) is 0 Å². The number of pyridine rings is 1. The van der Waals surface area contributed by atoms with Crippen LogP contribution in [-0.2, 0) is 6.54 Å². The van der Waals surface area contributed by atoms with Gasteiger partial charge in [0.05, 0.1) is 0 Å². The van der Waals surface area contributed by atoms with Crippen LogP contribution in [0.25, 0.3) is 0 Å². The molecule has 1 aromatic heterocycles. The van der Waals surface area contributed by atoms with Crippen LogP contribution in [0.2, 0.25) is 0 Å². The molecule has 0 aliphatic rings. The molecule has 17 heavy (non-hydrogen) atoms. The fraction of sp³-hybridized carbons (Fsp3) is 0.214. The van der Waals surface area contributed by atoms with Crippen molar-refractivity contribution in [3.05, 3.63) is 63.6 Å². The summed E-state index contributed by atoms with van der Waals surface area (Å²) in [5.74, 6) is 0. The number of nitrogens with zero attached hydrogens (tertiary/aromatic N) is 1. The van der Waals surface area contributed by atoms with E-state index in [2.05, 4.69) is 4.57 Å². The Kier molecular flexibility index (Phi) is 3.00. The highest BCUT2D eigenvalue weighted by Gasteiger charge is 2.02. The van der Waals surface area contributed by atoms with Crippen molar-refractivity contribution in [3.8, 4) is 0 Å². The van der Waals surface area contributed by atoms with E-state index in [0.29, 0.717) is 0 Å². The zero-order valence-electron chi connectivity index (χ0n) is 10.1. The molecule has 0 fully saturated rings. The monoisotopic (exact) mass is 228 g/mol. The van der Waals surface area contributed by atoms with Crippen molar-refractivity contribution in [2.75, 3.05) is 5.73 Å². The number of hydrogen-bond acceptors (Lipinski definition) is 2. The normalized spacial score (nSPS) is 10.5. The number of aryl methyl sites for hydroxylation is 2. The lowest BCUT2D eigenvalue weighted by Crippen LogP contribution is -2.13. The van der Waals surface area contributed by atoms with Crippen molar-refractivity contribution in [2.45, 2.75) is 20.4 Å². The van der Waals surface area contributed by atoms with Crippen molar-refractivity contribution in [1.29, 1.82) is 0 Å². The third kappa shape index (κ3) is 2.56. The molecule has 3 heteroatoms. The van der Waals surface area contributed by atoms with E-state index in [1.54, 1.807) is 12.1 Å². The Balaban J connectivity index is 2.36. The highest BCUT2D eigenvalue weighted by Crippen LogP contribution is 2.10. The second-order valence-electron chi connectivity index (χ2n) is 4.30. The molecule has 0 atom stereocenters. The number of hydrogen-bond donors (Lipinski definition) is 1. The number of nitrogen functional groups attached to an aromatic ring is 1. The summed E-state index contributed by atoms with van der Waals surface area (Å²) < 4.78 is 2.12. The van der Waals surface area contributed by atoms with Crippen molar-refractivity contribution < 1.29 is 0 Å². The molecule has 0 radical (unpaired) electrons. The van der Waals surface area contributed by atoms with E-state index < -0.39 is 0 Å². The minimum absolute atomic E-state index is 0.0635. The summed E-state index contributed by atoms with van der Waals surface area (Å²) >= 11 is 0. The summed E-state index contributed by atoms with van der Waals surface area (Å²) in [6, 6.07) is 11.1. The standard InChI is InChI=1S/C14H16N2O/c1-10-7-14(17)8-11(2)16(10)9-12-3-5-13(15)6-4-12/h3-8H,9,15H2,1-2H3. The highest BCUT2D eigenvalue weighted by atomic mass is 16.1. The van der Waals surface area contributed by atoms with Gasteiger partial charge in [0.2, 0.25) is 0 Å². The molecule has 0 amide bonds. The molecule has 0 saturated heterocycles. The Morgan fingerprint density at radius 1 is 1.06 bits per heavy atom. The van der Waals surface area contributed by atoms with Gasteiger partial charge < -0.3 is 10.3 Å². The van der Waals surface area contributed by atoms with Gasteiger partial charge in [-0.15, -0.1) is 0 Å². The van der Waals surface area contributed by atoms with Gasteiger partial charge in [-0.2, -0.15) is 0 Å². The van der Waals surface area contributed by atoms with E-state index in [9.17, 15) is 4.79 Å². The van der Waals surface area contributed by atoms with Crippen LogP contribution in [0.1, 0.15) is 17.0 Å². The fourth-order valence-electron chi connectivity index (χ4n) is 1.94. The minimum atomic E-state index is 0.0635. The number of rotatable bonds is 2. The predicted molar refractivity (Wildman–Crippen MR) is 70.1 cm³/mol. The molecule has 2 N–H and O–H groups in total. The molecule has 3 nitrogen and oxygen atoms in total. The maximum absolute atomic E-state index is 11.3. The van der Waals surface area contributed by atoms with Gasteiger partial charge in [-0.25, -0.2) is 0 Å². The summed E-state index contributed by atoms with van der Waals surface area (Å²) in [7, 11) is 0. The molecule has 1 aromatic carbocycles. The Morgan fingerprint density at radius 3 is 2.12 bits per heavy atom. The maximum atomic E-state index is 11.3. The largest absolute Gasteiger partial charge is 0.399 e. The first-order valence-corrected chi connectivity index (χ1v) is 5.59. The summed E-state index contributed by atoms with van der Waals surface area (Å²) in [5.41, 5.74) is 9.61. The van der Waals surface area contributed by atoms with Gasteiger partial charge >= 0.3 is 0 Å². The lowest BCUT2D eigenvalue weighted by Gasteiger charge is -2.14. The van der Waals surface area contributed by atoms with Crippen LogP contribution >= 0.6 is 0 Å². The van der Waals surface area contributed by atoms with Crippen molar-refractivity contribution in [2.24, 2.45) is 0 Å². The van der Waals surface area contributed by atoms with Crippen LogP contribution in [0.3, 0.4) is 0 Å². The van der Waals surface area contributed by atoms with E-state index in [4.69, 9.17) is 5.73 Å². The minimum Gasteiger partial charge on any atom is -0.399 e. The van der Waals surface area contributed by atoms with E-state index in [1.807, 2.05) is 38.1 Å². The highest BCUT2D eigenvalue weighted by molar-refractivity contribution is 5.39. The molecule has 0 unspecified atom stereocenters. The smallest absolute Gasteiger partial charge is 0.182 e. The number of benzene rings is 1. The average molecular weight is 228 g/mol. The molecule has 2 aromatic rings. The predicted octanol–water partition coefficient (Wildman–Crippen LogP) is 2.10. The summed E-state index contributed by atoms with van der Waals surface area (Å²) in [6.45, 7) is 4.66. The first-order chi connectivity index (χ1) is 8.06. The Bertz CT molecular complexity index is 556. The lowest BCUT2D eigenvalue weighted by molar-refractivity contribution is 0.728. The van der Waals surface area contributed by atoms with Crippen LogP contribution in [0.4, 0.5) is 5.69 Å². The SMILES string of the molecule is Cc1cc(=O)cc(C)n1Cc1ccc(N)cc1. The zero-order valence-corrected chi connectivity index (χ0v) is 10.1. The molecular formula is C14H16N2O. The molecule has 0 aliphatic carbocycles. The maximum Gasteiger partial charge on any atom is 0.182 e. The van der Waals surface area contributed by atoms with E-state index in [-0.39, 0.29) is 5.43 Å². The Morgan fingerprint density at radius 2 is 1.59 bits per heavy atom. The quantitative estimate of drug-likeness (QED) is 0.800. The molecule has 0 bridgehead atoms. The third-order valence-electron chi connectivity index (χ3n) is 2.87. The van der Waals surface area contributed by atoms with Crippen LogP contribution in [0, 0.1) is 13.8 Å². The third-order valence-corrected chi connectivity index (χ3v) is 2.87. The molecule has 0 spiro atoms. The van der Waals surface area contributed by atoms with Crippen molar-refractivity contribution in [1.82, 2.24) is 4.57 Å². The fourth-order valence-corrected chi connectivity index (χ4v) is 1.94. The molecule has 2 rings (SSSR count). The van der Waals surface area contributed by atoms with Crippen LogP contribution in [-0.4, -0.2) is 4.57 Å². The van der Waals surface area contributed by atoms with Gasteiger partial charge in [0, 0.05) is 35.8 Å². The van der Waals surface area contributed by atoms with Gasteiger partial charge in [-0.3, -0.25) is 4.79 Å². The second-order valence-corrected chi connectivity index (χ2v) is 4.30. The first kappa shape index (κ1) is 11.5. The van der Waals surface area contributed by atoms with Gasteiger partial charge in [0.1, 0.15) is 0 Å². The van der Waals surface area contributed by atoms with E-state index >= 15 is 0 Å². The van der Waals surface area contributed by atoms with Crippen LogP contribution < -0.4 is 11.2 Å². The Hall–Kier alpha value is -2.03. The molecular weight excluding hydrogens is 212 g/mol. The number of anilines is 1. The number of aromatic nitrogens is 1. The van der Waals surface area contributed by atoms with Gasteiger partial charge in [-0.05, 0) is 31.5 Å². The molecule has 88 valence electrons. The van der Waals surface area contributed by atoms with Crippen molar-refractivity contribution in [3.63, 3.8) is 0 Å². The molecule has 0 saturated carbocycles. The summed E-state index contributed by atoms with van der Waals surface area (Å²) in [6.07, 6.45) is 0. The van der Waals surface area contributed by atoms with Gasteiger partial charge in [0.15, 0.2) is 5.43 Å². The van der Waals surface area contributed by atoms with Crippen molar-refractivity contribution >= 4 is 5.69 Å². The average Bonchev–Trinajstić information content (AvgIpc) is 2.26. The van der Waals surface area contributed by atoms with Gasteiger partial charge in [-0.1, -0.05) is 12.1 Å². The van der Waals surface area contributed by atoms with Crippen LogP contribution in [0.15, 0.2) is 41.2 Å². The molecule has 1 heterocycles. The molecule has 0 aliphatic heterocycles. The summed E-state index contributed by atoms with van der Waals surface area (Å²) in [4.78, 5) is 11.3. The Labute approximate surface area is 101 Å².